The van der Waals surface area contributed by atoms with Gasteiger partial charge >= 0.3 is 0 Å². The second-order valence-corrected chi connectivity index (χ2v) is 11.2. The number of hydrogen-bond acceptors (Lipinski definition) is 8. The number of primary amides is 1. The SMILES string of the molecule is CC(Oc1cc(-n2cnc3cc(-c4cnn(C)c4)ccc32)sc1C(N)=O)c1cc(OC2CCN(C)CC2)ccn1. The Morgan fingerprint density at radius 3 is 2.67 bits per heavy atom. The molecular weight excluding hydrogens is 526 g/mol. The van der Waals surface area contributed by atoms with Gasteiger partial charge in [-0.1, -0.05) is 6.07 Å². The average Bonchev–Trinajstić information content (AvgIpc) is 3.68. The maximum atomic E-state index is 12.4. The van der Waals surface area contributed by atoms with Crippen molar-refractivity contribution in [2.75, 3.05) is 20.1 Å². The van der Waals surface area contributed by atoms with E-state index in [9.17, 15) is 4.79 Å². The van der Waals surface area contributed by atoms with Crippen molar-refractivity contribution in [3.05, 3.63) is 71.9 Å². The number of piperidine rings is 1. The molecule has 1 aromatic carbocycles. The van der Waals surface area contributed by atoms with Crippen molar-refractivity contribution in [1.82, 2.24) is 29.2 Å². The van der Waals surface area contributed by atoms with Gasteiger partial charge in [-0.3, -0.25) is 19.0 Å². The van der Waals surface area contributed by atoms with E-state index in [2.05, 4.69) is 27.0 Å². The van der Waals surface area contributed by atoms with Gasteiger partial charge in [0.15, 0.2) is 0 Å². The minimum atomic E-state index is -0.547. The fourth-order valence-corrected chi connectivity index (χ4v) is 5.87. The van der Waals surface area contributed by atoms with E-state index < -0.39 is 12.0 Å². The predicted octanol–water partition coefficient (Wildman–Crippen LogP) is 4.59. The number of carbonyl (C=O) groups excluding carboxylic acids is 1. The quantitative estimate of drug-likeness (QED) is 0.297. The third-order valence-electron chi connectivity index (χ3n) is 7.17. The largest absolute Gasteiger partial charge is 0.490 e. The van der Waals surface area contributed by atoms with Gasteiger partial charge in [0.05, 0.1) is 22.9 Å². The molecule has 4 aromatic heterocycles. The number of amides is 1. The molecule has 0 saturated carbocycles. The minimum absolute atomic E-state index is 0.189. The number of aryl methyl sites for hydroxylation is 1. The van der Waals surface area contributed by atoms with E-state index in [0.29, 0.717) is 16.3 Å². The Morgan fingerprint density at radius 1 is 1.10 bits per heavy atom. The molecule has 1 fully saturated rings. The van der Waals surface area contributed by atoms with Crippen molar-refractivity contribution in [3.8, 4) is 27.6 Å². The summed E-state index contributed by atoms with van der Waals surface area (Å²) < 4.78 is 16.2. The molecule has 0 spiro atoms. The van der Waals surface area contributed by atoms with Gasteiger partial charge in [-0.15, -0.1) is 11.3 Å². The van der Waals surface area contributed by atoms with Crippen LogP contribution in [0.1, 0.15) is 41.2 Å². The molecule has 1 aliphatic heterocycles. The maximum absolute atomic E-state index is 12.4. The molecule has 1 atom stereocenters. The number of benzene rings is 1. The van der Waals surface area contributed by atoms with Crippen LogP contribution in [0.25, 0.3) is 27.2 Å². The third kappa shape index (κ3) is 5.30. The van der Waals surface area contributed by atoms with Gasteiger partial charge in [-0.25, -0.2) is 4.98 Å². The topological polar surface area (TPSA) is 113 Å². The zero-order valence-corrected chi connectivity index (χ0v) is 23.5. The number of aromatic nitrogens is 5. The molecule has 5 heterocycles. The van der Waals surface area contributed by atoms with Gasteiger partial charge in [0.2, 0.25) is 0 Å². The van der Waals surface area contributed by atoms with Crippen LogP contribution in [0.5, 0.6) is 11.5 Å². The minimum Gasteiger partial charge on any atom is -0.490 e. The van der Waals surface area contributed by atoms with Crippen molar-refractivity contribution in [1.29, 1.82) is 0 Å². The van der Waals surface area contributed by atoms with E-state index in [4.69, 9.17) is 15.2 Å². The van der Waals surface area contributed by atoms with Crippen LogP contribution in [0, 0.1) is 0 Å². The highest BCUT2D eigenvalue weighted by atomic mass is 32.1. The summed E-state index contributed by atoms with van der Waals surface area (Å²) in [4.78, 5) is 24.1. The average molecular weight is 558 g/mol. The van der Waals surface area contributed by atoms with Gasteiger partial charge in [-0.2, -0.15) is 5.10 Å². The van der Waals surface area contributed by atoms with Crippen molar-refractivity contribution in [2.24, 2.45) is 12.8 Å². The lowest BCUT2D eigenvalue weighted by molar-refractivity contribution is 0.0997. The molecule has 1 aliphatic rings. The van der Waals surface area contributed by atoms with E-state index in [1.165, 1.54) is 11.3 Å². The highest BCUT2D eigenvalue weighted by Crippen LogP contribution is 2.36. The molecule has 0 aliphatic carbocycles. The summed E-state index contributed by atoms with van der Waals surface area (Å²) >= 11 is 1.27. The molecule has 10 nitrogen and oxygen atoms in total. The van der Waals surface area contributed by atoms with Crippen molar-refractivity contribution in [2.45, 2.75) is 32.0 Å². The number of imidazole rings is 1. The molecule has 206 valence electrons. The van der Waals surface area contributed by atoms with Crippen molar-refractivity contribution < 1.29 is 14.3 Å². The number of hydrogen-bond donors (Lipinski definition) is 1. The van der Waals surface area contributed by atoms with Crippen molar-refractivity contribution >= 4 is 28.3 Å². The van der Waals surface area contributed by atoms with Crippen LogP contribution in [0.3, 0.4) is 0 Å². The van der Waals surface area contributed by atoms with Gasteiger partial charge in [0.1, 0.15) is 39.9 Å². The highest BCUT2D eigenvalue weighted by molar-refractivity contribution is 7.16. The zero-order valence-electron chi connectivity index (χ0n) is 22.7. The number of rotatable bonds is 8. The first-order chi connectivity index (χ1) is 19.3. The molecule has 1 amide bonds. The Hall–Kier alpha value is -4.22. The van der Waals surface area contributed by atoms with Crippen LogP contribution in [0.4, 0.5) is 0 Å². The Bertz CT molecular complexity index is 1670. The Morgan fingerprint density at radius 2 is 1.93 bits per heavy atom. The molecule has 1 unspecified atom stereocenters. The first kappa shape index (κ1) is 26.0. The van der Waals surface area contributed by atoms with Crippen LogP contribution < -0.4 is 15.2 Å². The first-order valence-corrected chi connectivity index (χ1v) is 14.0. The van der Waals surface area contributed by atoms with Gasteiger partial charge in [0, 0.05) is 50.2 Å². The molecule has 2 N–H and O–H groups in total. The standard InChI is InChI=1S/C29H31N7O3S/c1-18(23-13-22(6-9-31-23)39-21-7-10-34(2)11-8-21)38-26-14-27(40-28(26)29(30)37)36-17-32-24-12-19(4-5-25(24)36)20-15-33-35(3)16-20/h4-6,9,12-18,21H,7-8,10-11H2,1-3H3,(H2,30,37). The Kier molecular flexibility index (Phi) is 6.99. The smallest absolute Gasteiger partial charge is 0.262 e. The number of thiophene rings is 1. The van der Waals surface area contributed by atoms with E-state index in [0.717, 1.165) is 58.8 Å². The number of likely N-dealkylation sites (tertiary alicyclic amines) is 1. The molecule has 40 heavy (non-hydrogen) atoms. The first-order valence-electron chi connectivity index (χ1n) is 13.2. The summed E-state index contributed by atoms with van der Waals surface area (Å²) in [5.41, 5.74) is 10.3. The predicted molar refractivity (Wildman–Crippen MR) is 154 cm³/mol. The van der Waals surface area contributed by atoms with Gasteiger partial charge < -0.3 is 20.1 Å². The van der Waals surface area contributed by atoms with Gasteiger partial charge in [0.25, 0.3) is 5.91 Å². The number of pyridine rings is 1. The van der Waals surface area contributed by atoms with E-state index in [1.54, 1.807) is 17.2 Å². The normalized spacial score (nSPS) is 15.4. The second-order valence-electron chi connectivity index (χ2n) is 10.2. The summed E-state index contributed by atoms with van der Waals surface area (Å²) in [7, 11) is 4.02. The lowest BCUT2D eigenvalue weighted by atomic mass is 10.1. The molecule has 6 rings (SSSR count). The van der Waals surface area contributed by atoms with E-state index >= 15 is 0 Å². The second kappa shape index (κ2) is 10.7. The molecule has 11 heteroatoms. The monoisotopic (exact) mass is 557 g/mol. The lowest BCUT2D eigenvalue weighted by Crippen LogP contribution is -2.35. The number of ether oxygens (including phenoxy) is 2. The van der Waals surface area contributed by atoms with Gasteiger partial charge in [-0.05, 0) is 50.6 Å². The number of fused-ring (bicyclic) bond motifs is 1. The van der Waals surface area contributed by atoms with E-state index in [1.807, 2.05) is 67.3 Å². The van der Waals surface area contributed by atoms with Crippen LogP contribution >= 0.6 is 11.3 Å². The Labute approximate surface area is 236 Å². The van der Waals surface area contributed by atoms with Crippen LogP contribution in [-0.2, 0) is 7.05 Å². The molecule has 1 saturated heterocycles. The fourth-order valence-electron chi connectivity index (χ4n) is 4.95. The van der Waals surface area contributed by atoms with Crippen LogP contribution in [-0.4, -0.2) is 61.4 Å². The summed E-state index contributed by atoms with van der Waals surface area (Å²) in [6.45, 7) is 3.95. The Balaban J connectivity index is 1.23. The molecule has 5 aromatic rings. The number of nitrogens with two attached hydrogens (primary N) is 1. The molecule has 0 bridgehead atoms. The molecular formula is C29H31N7O3S. The fraction of sp³-hybridized carbons (Fsp3) is 0.310. The summed E-state index contributed by atoms with van der Waals surface area (Å²) in [5, 5.41) is 5.03. The van der Waals surface area contributed by atoms with Crippen molar-refractivity contribution in [3.63, 3.8) is 0 Å². The zero-order chi connectivity index (χ0) is 27.8. The van der Waals surface area contributed by atoms with Crippen LogP contribution in [0.2, 0.25) is 0 Å². The summed E-state index contributed by atoms with van der Waals surface area (Å²) in [6, 6.07) is 11.7. The van der Waals surface area contributed by atoms with Crippen LogP contribution in [0.15, 0.2) is 61.3 Å². The maximum Gasteiger partial charge on any atom is 0.262 e. The van der Waals surface area contributed by atoms with E-state index in [-0.39, 0.29) is 6.10 Å². The summed E-state index contributed by atoms with van der Waals surface area (Å²) in [6.07, 6.45) is 9.01. The number of nitrogens with zero attached hydrogens (tertiary/aromatic N) is 6. The summed E-state index contributed by atoms with van der Waals surface area (Å²) in [5.74, 6) is 0.637. The lowest BCUT2D eigenvalue weighted by Gasteiger charge is -2.29. The third-order valence-corrected chi connectivity index (χ3v) is 8.30. The highest BCUT2D eigenvalue weighted by Gasteiger charge is 2.22. The molecule has 0 radical (unpaired) electrons. The number of carbonyl (C=O) groups is 1.